The second kappa shape index (κ2) is 5.84. The molecule has 0 aromatic rings. The van der Waals surface area contributed by atoms with Crippen LogP contribution in [0.2, 0.25) is 0 Å². The van der Waals surface area contributed by atoms with Gasteiger partial charge in [0.2, 0.25) is 5.91 Å². The van der Waals surface area contributed by atoms with Crippen LogP contribution in [0.25, 0.3) is 0 Å². The summed E-state index contributed by atoms with van der Waals surface area (Å²) >= 11 is 5.40. The second-order valence-corrected chi connectivity index (χ2v) is 2.99. The molecule has 1 amide bonds. The minimum absolute atomic E-state index is 0.0103. The molecule has 0 aliphatic rings. The quantitative estimate of drug-likeness (QED) is 0.626. The molecule has 0 N–H and O–H groups in total. The molecule has 0 aliphatic heterocycles. The molecule has 0 rings (SSSR count). The van der Waals surface area contributed by atoms with Gasteiger partial charge in [0.05, 0.1) is 12.5 Å². The van der Waals surface area contributed by atoms with Gasteiger partial charge < -0.3 is 4.90 Å². The van der Waals surface area contributed by atoms with E-state index in [9.17, 15) is 4.79 Å². The predicted molar refractivity (Wildman–Crippen MR) is 47.8 cm³/mol. The number of hydrogen-bond acceptors (Lipinski definition) is 2. The lowest BCUT2D eigenvalue weighted by Crippen LogP contribution is -2.38. The van der Waals surface area contributed by atoms with Crippen molar-refractivity contribution >= 4 is 17.5 Å². The van der Waals surface area contributed by atoms with E-state index in [0.717, 1.165) is 0 Å². The first-order chi connectivity index (χ1) is 5.63. The van der Waals surface area contributed by atoms with Crippen molar-refractivity contribution in [1.82, 2.24) is 4.90 Å². The van der Waals surface area contributed by atoms with E-state index in [4.69, 9.17) is 16.9 Å². The van der Waals surface area contributed by atoms with Crippen LogP contribution < -0.4 is 0 Å². The van der Waals surface area contributed by atoms with Crippen LogP contribution in [0.5, 0.6) is 0 Å². The van der Waals surface area contributed by atoms with Crippen molar-refractivity contribution in [2.45, 2.75) is 26.3 Å². The van der Waals surface area contributed by atoms with Gasteiger partial charge in [0.1, 0.15) is 5.88 Å². The van der Waals surface area contributed by atoms with Gasteiger partial charge in [-0.25, -0.2) is 0 Å². The van der Waals surface area contributed by atoms with Crippen molar-refractivity contribution in [3.8, 4) is 6.07 Å². The van der Waals surface area contributed by atoms with E-state index < -0.39 is 0 Å². The van der Waals surface area contributed by atoms with Crippen molar-refractivity contribution in [3.63, 3.8) is 0 Å². The number of carbonyl (C=O) groups excluding carboxylic acids is 1. The van der Waals surface area contributed by atoms with Gasteiger partial charge in [0, 0.05) is 12.6 Å². The molecule has 0 aromatic carbocycles. The molecule has 68 valence electrons. The van der Waals surface area contributed by atoms with Crippen molar-refractivity contribution in [3.05, 3.63) is 0 Å². The van der Waals surface area contributed by atoms with Crippen LogP contribution in [-0.4, -0.2) is 29.3 Å². The maximum absolute atomic E-state index is 11.1. The zero-order valence-corrected chi connectivity index (χ0v) is 8.14. The van der Waals surface area contributed by atoms with Crippen LogP contribution in [0.15, 0.2) is 0 Å². The highest BCUT2D eigenvalue weighted by Gasteiger charge is 2.14. The number of amides is 1. The largest absolute Gasteiger partial charge is 0.338 e. The molecule has 0 radical (unpaired) electrons. The highest BCUT2D eigenvalue weighted by Crippen LogP contribution is 2.01. The topological polar surface area (TPSA) is 44.1 Å². The standard InChI is InChI=1S/C8H13ClN2O/c1-7(2)11(5-3-4-10)8(12)6-9/h7H,3,5-6H2,1-2H3. The van der Waals surface area contributed by atoms with Gasteiger partial charge in [-0.15, -0.1) is 11.6 Å². The number of rotatable bonds is 4. The van der Waals surface area contributed by atoms with Gasteiger partial charge >= 0.3 is 0 Å². The molecule has 0 spiro atoms. The number of nitriles is 1. The molecule has 0 saturated carbocycles. The van der Waals surface area contributed by atoms with Gasteiger partial charge in [0.25, 0.3) is 0 Å². The maximum Gasteiger partial charge on any atom is 0.237 e. The van der Waals surface area contributed by atoms with Gasteiger partial charge in [-0.2, -0.15) is 5.26 Å². The predicted octanol–water partition coefficient (Wildman–Crippen LogP) is 1.38. The van der Waals surface area contributed by atoms with Gasteiger partial charge in [-0.1, -0.05) is 0 Å². The summed E-state index contributed by atoms with van der Waals surface area (Å²) in [5, 5.41) is 8.33. The Hall–Kier alpha value is -0.750. The minimum atomic E-state index is -0.109. The molecule has 0 bridgehead atoms. The number of alkyl halides is 1. The molecule has 0 unspecified atom stereocenters. The highest BCUT2D eigenvalue weighted by molar-refractivity contribution is 6.27. The Morgan fingerprint density at radius 1 is 1.67 bits per heavy atom. The average molecular weight is 189 g/mol. The van der Waals surface area contributed by atoms with E-state index in [-0.39, 0.29) is 17.8 Å². The molecule has 0 fully saturated rings. The Morgan fingerprint density at radius 2 is 2.25 bits per heavy atom. The fourth-order valence-corrected chi connectivity index (χ4v) is 1.07. The molecule has 0 aliphatic carbocycles. The Labute approximate surface area is 77.9 Å². The molecule has 0 atom stereocenters. The van der Waals surface area contributed by atoms with E-state index in [1.807, 2.05) is 19.9 Å². The second-order valence-electron chi connectivity index (χ2n) is 2.72. The van der Waals surface area contributed by atoms with Crippen LogP contribution in [0.3, 0.4) is 0 Å². The van der Waals surface area contributed by atoms with Gasteiger partial charge in [-0.05, 0) is 13.8 Å². The lowest BCUT2D eigenvalue weighted by molar-refractivity contribution is -0.130. The molecular weight excluding hydrogens is 176 g/mol. The van der Waals surface area contributed by atoms with Crippen molar-refractivity contribution in [2.24, 2.45) is 0 Å². The summed E-state index contributed by atoms with van der Waals surface area (Å²) in [6.45, 7) is 4.28. The van der Waals surface area contributed by atoms with E-state index in [1.54, 1.807) is 4.90 Å². The summed E-state index contributed by atoms with van der Waals surface area (Å²) in [4.78, 5) is 12.8. The zero-order valence-electron chi connectivity index (χ0n) is 7.38. The van der Waals surface area contributed by atoms with Crippen LogP contribution >= 0.6 is 11.6 Å². The normalized spacial score (nSPS) is 9.58. The first-order valence-electron chi connectivity index (χ1n) is 3.85. The van der Waals surface area contributed by atoms with Gasteiger partial charge in [-0.3, -0.25) is 4.79 Å². The van der Waals surface area contributed by atoms with Crippen LogP contribution in [0, 0.1) is 11.3 Å². The zero-order chi connectivity index (χ0) is 9.56. The summed E-state index contributed by atoms with van der Waals surface area (Å²) in [6, 6.07) is 2.11. The Morgan fingerprint density at radius 3 is 2.58 bits per heavy atom. The fraction of sp³-hybridized carbons (Fsp3) is 0.750. The van der Waals surface area contributed by atoms with E-state index >= 15 is 0 Å². The van der Waals surface area contributed by atoms with E-state index in [0.29, 0.717) is 13.0 Å². The summed E-state index contributed by atoms with van der Waals surface area (Å²) < 4.78 is 0. The van der Waals surface area contributed by atoms with Crippen molar-refractivity contribution in [2.75, 3.05) is 12.4 Å². The fourth-order valence-electron chi connectivity index (χ4n) is 0.918. The third-order valence-electron chi connectivity index (χ3n) is 1.52. The van der Waals surface area contributed by atoms with Crippen molar-refractivity contribution in [1.29, 1.82) is 5.26 Å². The third kappa shape index (κ3) is 3.59. The molecule has 4 heteroatoms. The van der Waals surface area contributed by atoms with E-state index in [1.165, 1.54) is 0 Å². The smallest absolute Gasteiger partial charge is 0.237 e. The molecule has 0 saturated heterocycles. The van der Waals surface area contributed by atoms with Crippen LogP contribution in [0.4, 0.5) is 0 Å². The minimum Gasteiger partial charge on any atom is -0.338 e. The first kappa shape index (κ1) is 11.2. The summed E-state index contributed by atoms with van der Waals surface area (Å²) in [5.74, 6) is -0.120. The lowest BCUT2D eigenvalue weighted by atomic mass is 10.3. The van der Waals surface area contributed by atoms with Gasteiger partial charge in [0.15, 0.2) is 0 Å². The van der Waals surface area contributed by atoms with Crippen LogP contribution in [0.1, 0.15) is 20.3 Å². The molecule has 3 nitrogen and oxygen atoms in total. The lowest BCUT2D eigenvalue weighted by Gasteiger charge is -2.24. The maximum atomic E-state index is 11.1. The SMILES string of the molecule is CC(C)N(CCC#N)C(=O)CCl. The van der Waals surface area contributed by atoms with E-state index in [2.05, 4.69) is 0 Å². The Bertz CT molecular complexity index is 186. The number of halogens is 1. The Balaban J connectivity index is 4.06. The van der Waals surface area contributed by atoms with Crippen LogP contribution in [-0.2, 0) is 4.79 Å². The average Bonchev–Trinajstić information content (AvgIpc) is 2.04. The molecular formula is C8H13ClN2O. The highest BCUT2D eigenvalue weighted by atomic mass is 35.5. The number of nitrogens with zero attached hydrogens (tertiary/aromatic N) is 2. The monoisotopic (exact) mass is 188 g/mol. The Kier molecular flexibility index (Phi) is 5.48. The summed E-state index contributed by atoms with van der Waals surface area (Å²) in [5.41, 5.74) is 0. The number of carbonyl (C=O) groups is 1. The first-order valence-corrected chi connectivity index (χ1v) is 4.39. The summed E-state index contributed by atoms with van der Waals surface area (Å²) in [7, 11) is 0. The summed E-state index contributed by atoms with van der Waals surface area (Å²) in [6.07, 6.45) is 0.362. The molecule has 0 heterocycles. The molecule has 12 heavy (non-hydrogen) atoms. The molecule has 0 aromatic heterocycles. The number of hydrogen-bond donors (Lipinski definition) is 0. The van der Waals surface area contributed by atoms with Crippen molar-refractivity contribution < 1.29 is 4.79 Å². The third-order valence-corrected chi connectivity index (χ3v) is 1.75.